The number of para-hydroxylation sites is 1. The van der Waals surface area contributed by atoms with Crippen LogP contribution in [0.25, 0.3) is 11.1 Å². The van der Waals surface area contributed by atoms with Gasteiger partial charge in [0.1, 0.15) is 11.6 Å². The lowest BCUT2D eigenvalue weighted by atomic mass is 9.84. The van der Waals surface area contributed by atoms with Crippen LogP contribution in [0.5, 0.6) is 5.75 Å². The number of hydrogen-bond acceptors (Lipinski definition) is 3. The molecule has 2 aromatic carbocycles. The second kappa shape index (κ2) is 4.10. The highest BCUT2D eigenvalue weighted by atomic mass is 16.5. The fourth-order valence-corrected chi connectivity index (χ4v) is 3.08. The Morgan fingerprint density at radius 3 is 2.60 bits per heavy atom. The van der Waals surface area contributed by atoms with E-state index < -0.39 is 5.60 Å². The molecule has 2 aliphatic rings. The fraction of sp³-hybridized carbons (Fsp3) is 0.235. The van der Waals surface area contributed by atoms with Gasteiger partial charge >= 0.3 is 0 Å². The molecule has 0 spiro atoms. The van der Waals surface area contributed by atoms with E-state index in [4.69, 9.17) is 4.74 Å². The first kappa shape index (κ1) is 11.5. The summed E-state index contributed by atoms with van der Waals surface area (Å²) in [5.74, 6) is 1.85. The molecule has 0 radical (unpaired) electrons. The summed E-state index contributed by atoms with van der Waals surface area (Å²) in [6.07, 6.45) is 0. The van der Waals surface area contributed by atoms with Crippen LogP contribution in [0.1, 0.15) is 12.5 Å². The van der Waals surface area contributed by atoms with Gasteiger partial charge in [0, 0.05) is 17.7 Å². The average Bonchev–Trinajstić information content (AvgIpc) is 3.03. The lowest BCUT2D eigenvalue weighted by Crippen LogP contribution is -2.46. The van der Waals surface area contributed by atoms with E-state index in [-0.39, 0.29) is 0 Å². The van der Waals surface area contributed by atoms with E-state index in [2.05, 4.69) is 47.6 Å². The van der Waals surface area contributed by atoms with Gasteiger partial charge in [-0.25, -0.2) is 0 Å². The van der Waals surface area contributed by atoms with Crippen molar-refractivity contribution >= 4 is 5.84 Å². The number of ether oxygens (including phenoxy) is 1. The van der Waals surface area contributed by atoms with Crippen molar-refractivity contribution in [2.24, 2.45) is 4.99 Å². The molecule has 2 aromatic rings. The zero-order valence-electron chi connectivity index (χ0n) is 11.4. The predicted molar refractivity (Wildman–Crippen MR) is 80.2 cm³/mol. The maximum absolute atomic E-state index is 6.34. The number of rotatable bonds is 1. The molecule has 0 saturated heterocycles. The van der Waals surface area contributed by atoms with E-state index in [0.29, 0.717) is 0 Å². The molecule has 2 aliphatic heterocycles. The van der Waals surface area contributed by atoms with Crippen LogP contribution in [0.2, 0.25) is 0 Å². The minimum atomic E-state index is -0.526. The van der Waals surface area contributed by atoms with Gasteiger partial charge in [0.05, 0.1) is 6.54 Å². The Bertz CT molecular complexity index is 708. The number of fused-ring (bicyclic) bond motifs is 3. The van der Waals surface area contributed by atoms with Crippen LogP contribution >= 0.6 is 0 Å². The standard InChI is InChI=1S/C17H16N2O/c1-17(16-18-10-11-19-16)14-8-4-2-6-12(14)13-7-3-5-9-15(13)20-17/h2-9H,10-11H2,1H3,(H,18,19). The molecule has 3 nitrogen and oxygen atoms in total. The fourth-order valence-electron chi connectivity index (χ4n) is 3.08. The average molecular weight is 264 g/mol. The van der Waals surface area contributed by atoms with Crippen LogP contribution in [-0.2, 0) is 5.60 Å². The number of nitrogens with one attached hydrogen (secondary N) is 1. The third kappa shape index (κ3) is 1.49. The van der Waals surface area contributed by atoms with Crippen molar-refractivity contribution in [1.82, 2.24) is 5.32 Å². The maximum Gasteiger partial charge on any atom is 0.188 e. The third-order valence-electron chi connectivity index (χ3n) is 4.06. The van der Waals surface area contributed by atoms with E-state index >= 15 is 0 Å². The van der Waals surface area contributed by atoms with Crippen LogP contribution in [0, 0.1) is 0 Å². The molecule has 0 aromatic heterocycles. The molecule has 0 aliphatic carbocycles. The summed E-state index contributed by atoms with van der Waals surface area (Å²) < 4.78 is 6.34. The number of amidine groups is 1. The number of hydrogen-bond donors (Lipinski definition) is 1. The molecule has 100 valence electrons. The van der Waals surface area contributed by atoms with Crippen molar-refractivity contribution in [3.63, 3.8) is 0 Å². The Morgan fingerprint density at radius 2 is 1.80 bits per heavy atom. The molecule has 1 N–H and O–H groups in total. The molecule has 4 rings (SSSR count). The molecule has 2 heterocycles. The topological polar surface area (TPSA) is 33.6 Å². The van der Waals surface area contributed by atoms with Gasteiger partial charge in [-0.3, -0.25) is 4.99 Å². The van der Waals surface area contributed by atoms with E-state index in [1.165, 1.54) is 11.1 Å². The first-order chi connectivity index (χ1) is 9.79. The van der Waals surface area contributed by atoms with Crippen molar-refractivity contribution in [3.05, 3.63) is 54.1 Å². The summed E-state index contributed by atoms with van der Waals surface area (Å²) in [5, 5.41) is 3.36. The van der Waals surface area contributed by atoms with Crippen molar-refractivity contribution in [3.8, 4) is 16.9 Å². The molecule has 0 bridgehead atoms. The summed E-state index contributed by atoms with van der Waals surface area (Å²) in [5.41, 5.74) is 3.03. The Morgan fingerprint density at radius 1 is 1.05 bits per heavy atom. The summed E-state index contributed by atoms with van der Waals surface area (Å²) in [6, 6.07) is 16.6. The Labute approximate surface area is 118 Å². The molecule has 0 fully saturated rings. The predicted octanol–water partition coefficient (Wildman–Crippen LogP) is 2.96. The van der Waals surface area contributed by atoms with Gasteiger partial charge < -0.3 is 10.1 Å². The minimum Gasteiger partial charge on any atom is -0.474 e. The maximum atomic E-state index is 6.34. The molecular formula is C17H16N2O. The molecule has 3 heteroatoms. The SMILES string of the molecule is CC1(C2=NCCN2)Oc2ccccc2-c2ccccc21. The van der Waals surface area contributed by atoms with Gasteiger partial charge in [-0.2, -0.15) is 0 Å². The van der Waals surface area contributed by atoms with E-state index in [0.717, 1.165) is 30.2 Å². The van der Waals surface area contributed by atoms with Crippen LogP contribution in [0.3, 0.4) is 0 Å². The quantitative estimate of drug-likeness (QED) is 0.859. The van der Waals surface area contributed by atoms with Crippen LogP contribution in [0.4, 0.5) is 0 Å². The van der Waals surface area contributed by atoms with Gasteiger partial charge in [0.15, 0.2) is 5.60 Å². The monoisotopic (exact) mass is 264 g/mol. The van der Waals surface area contributed by atoms with E-state index in [1.807, 2.05) is 18.2 Å². The Hall–Kier alpha value is -2.29. The van der Waals surface area contributed by atoms with Crippen molar-refractivity contribution in [2.45, 2.75) is 12.5 Å². The van der Waals surface area contributed by atoms with Crippen molar-refractivity contribution in [2.75, 3.05) is 13.1 Å². The highest BCUT2D eigenvalue weighted by Gasteiger charge is 2.42. The van der Waals surface area contributed by atoms with Gasteiger partial charge in [0.25, 0.3) is 0 Å². The van der Waals surface area contributed by atoms with Gasteiger partial charge in [-0.1, -0.05) is 42.5 Å². The molecule has 0 amide bonds. The normalized spacial score (nSPS) is 23.1. The second-order valence-electron chi connectivity index (χ2n) is 5.33. The van der Waals surface area contributed by atoms with E-state index in [9.17, 15) is 0 Å². The second-order valence-corrected chi connectivity index (χ2v) is 5.33. The zero-order chi connectivity index (χ0) is 13.6. The summed E-state index contributed by atoms with van der Waals surface area (Å²) in [4.78, 5) is 4.58. The number of benzene rings is 2. The number of aliphatic imine (C=N–C) groups is 1. The summed E-state index contributed by atoms with van der Waals surface area (Å²) in [6.45, 7) is 3.80. The Kier molecular flexibility index (Phi) is 2.36. The first-order valence-corrected chi connectivity index (χ1v) is 6.96. The highest BCUT2D eigenvalue weighted by Crippen LogP contribution is 2.45. The molecular weight excluding hydrogens is 248 g/mol. The molecule has 0 saturated carbocycles. The van der Waals surface area contributed by atoms with Gasteiger partial charge in [0.2, 0.25) is 0 Å². The van der Waals surface area contributed by atoms with Crippen molar-refractivity contribution in [1.29, 1.82) is 0 Å². The van der Waals surface area contributed by atoms with Gasteiger partial charge in [-0.05, 0) is 18.6 Å². The first-order valence-electron chi connectivity index (χ1n) is 6.96. The Balaban J connectivity index is 1.97. The molecule has 1 unspecified atom stereocenters. The lowest BCUT2D eigenvalue weighted by molar-refractivity contribution is 0.156. The zero-order valence-corrected chi connectivity index (χ0v) is 11.4. The third-order valence-corrected chi connectivity index (χ3v) is 4.06. The number of nitrogens with zero attached hydrogens (tertiary/aromatic N) is 1. The largest absolute Gasteiger partial charge is 0.474 e. The van der Waals surface area contributed by atoms with Crippen LogP contribution in [0.15, 0.2) is 53.5 Å². The lowest BCUT2D eigenvalue weighted by Gasteiger charge is -2.37. The minimum absolute atomic E-state index is 0.526. The summed E-state index contributed by atoms with van der Waals surface area (Å²) in [7, 11) is 0. The van der Waals surface area contributed by atoms with Crippen molar-refractivity contribution < 1.29 is 4.74 Å². The van der Waals surface area contributed by atoms with Crippen LogP contribution < -0.4 is 10.1 Å². The molecule has 1 atom stereocenters. The molecule has 20 heavy (non-hydrogen) atoms. The summed E-state index contributed by atoms with van der Waals surface area (Å²) >= 11 is 0. The smallest absolute Gasteiger partial charge is 0.188 e. The van der Waals surface area contributed by atoms with Crippen LogP contribution in [-0.4, -0.2) is 18.9 Å². The van der Waals surface area contributed by atoms with Gasteiger partial charge in [-0.15, -0.1) is 0 Å². The van der Waals surface area contributed by atoms with E-state index in [1.54, 1.807) is 0 Å². The highest BCUT2D eigenvalue weighted by molar-refractivity contribution is 5.96.